The average molecular weight is 323 g/mol. The smallest absolute Gasteiger partial charge is 0.193 e. The molecule has 130 valence electrons. The Balaban J connectivity index is 2.87. The maximum atomic E-state index is 9.14. The van der Waals surface area contributed by atoms with Crippen LogP contribution in [-0.4, -0.2) is 56.9 Å². The van der Waals surface area contributed by atoms with E-state index in [1.165, 1.54) is 0 Å². The van der Waals surface area contributed by atoms with Gasteiger partial charge in [-0.15, -0.1) is 0 Å². The van der Waals surface area contributed by atoms with E-state index >= 15 is 0 Å². The van der Waals surface area contributed by atoms with Gasteiger partial charge in [-0.05, 0) is 25.0 Å². The lowest BCUT2D eigenvalue weighted by Crippen LogP contribution is -2.39. The summed E-state index contributed by atoms with van der Waals surface area (Å²) in [5.74, 6) is 2.51. The summed E-state index contributed by atoms with van der Waals surface area (Å²) in [6.07, 6.45) is 0. The van der Waals surface area contributed by atoms with Crippen molar-refractivity contribution < 1.29 is 14.6 Å². The fourth-order valence-corrected chi connectivity index (χ4v) is 2.08. The Morgan fingerprint density at radius 3 is 2.65 bits per heavy atom. The Labute approximate surface area is 139 Å². The third kappa shape index (κ3) is 5.98. The molecule has 1 atom stereocenters. The van der Waals surface area contributed by atoms with Gasteiger partial charge in [-0.1, -0.05) is 6.92 Å². The second-order valence-corrected chi connectivity index (χ2v) is 5.52. The first kappa shape index (κ1) is 19.1. The minimum Gasteiger partial charge on any atom is -0.497 e. The van der Waals surface area contributed by atoms with Crippen molar-refractivity contribution in [3.05, 3.63) is 23.8 Å². The van der Waals surface area contributed by atoms with Crippen LogP contribution >= 0.6 is 0 Å². The molecule has 0 amide bonds. The molecule has 1 aromatic carbocycles. The van der Waals surface area contributed by atoms with Crippen molar-refractivity contribution in [3.63, 3.8) is 0 Å². The first-order valence-electron chi connectivity index (χ1n) is 7.86. The predicted octanol–water partition coefficient (Wildman–Crippen LogP) is 1.73. The van der Waals surface area contributed by atoms with Gasteiger partial charge < -0.3 is 24.8 Å². The van der Waals surface area contributed by atoms with E-state index < -0.39 is 0 Å². The quantitative estimate of drug-likeness (QED) is 0.563. The zero-order chi connectivity index (χ0) is 17.2. The lowest BCUT2D eigenvalue weighted by molar-refractivity contribution is 0.241. The first-order chi connectivity index (χ1) is 11.0. The van der Waals surface area contributed by atoms with Crippen LogP contribution in [0.4, 0.5) is 0 Å². The highest BCUT2D eigenvalue weighted by molar-refractivity contribution is 5.79. The van der Waals surface area contributed by atoms with Crippen LogP contribution in [0.2, 0.25) is 0 Å². The van der Waals surface area contributed by atoms with Crippen LogP contribution in [0.5, 0.6) is 11.5 Å². The van der Waals surface area contributed by atoms with Gasteiger partial charge in [0.15, 0.2) is 5.96 Å². The van der Waals surface area contributed by atoms with E-state index in [0.717, 1.165) is 29.6 Å². The molecule has 0 saturated carbocycles. The molecule has 1 rings (SSSR count). The van der Waals surface area contributed by atoms with Gasteiger partial charge in [-0.3, -0.25) is 4.99 Å². The van der Waals surface area contributed by atoms with Gasteiger partial charge in [-0.25, -0.2) is 0 Å². The number of methoxy groups -OCH3 is 2. The third-order valence-corrected chi connectivity index (χ3v) is 3.46. The summed E-state index contributed by atoms with van der Waals surface area (Å²) < 4.78 is 10.7. The number of aliphatic hydroxyl groups excluding tert-OH is 1. The number of ether oxygens (including phenoxy) is 2. The molecule has 23 heavy (non-hydrogen) atoms. The summed E-state index contributed by atoms with van der Waals surface area (Å²) in [4.78, 5) is 6.62. The average Bonchev–Trinajstić information content (AvgIpc) is 2.58. The normalized spacial score (nSPS) is 12.7. The van der Waals surface area contributed by atoms with E-state index in [-0.39, 0.29) is 12.5 Å². The number of nitrogens with zero attached hydrogens (tertiary/aromatic N) is 2. The molecule has 0 aromatic heterocycles. The SMILES string of the molecule is CCNC(=NCC(C)CO)N(C)Cc1ccc(OC)cc1OC. The molecular formula is C17H29N3O3. The van der Waals surface area contributed by atoms with Crippen molar-refractivity contribution in [2.75, 3.05) is 41.0 Å². The maximum absolute atomic E-state index is 9.14. The Hall–Kier alpha value is -1.95. The van der Waals surface area contributed by atoms with Gasteiger partial charge >= 0.3 is 0 Å². The molecule has 1 aromatic rings. The van der Waals surface area contributed by atoms with Crippen LogP contribution < -0.4 is 14.8 Å². The monoisotopic (exact) mass is 323 g/mol. The van der Waals surface area contributed by atoms with Gasteiger partial charge in [-0.2, -0.15) is 0 Å². The van der Waals surface area contributed by atoms with E-state index in [9.17, 15) is 0 Å². The zero-order valence-electron chi connectivity index (χ0n) is 14.8. The summed E-state index contributed by atoms with van der Waals surface area (Å²) in [5, 5.41) is 12.4. The highest BCUT2D eigenvalue weighted by atomic mass is 16.5. The molecule has 0 saturated heterocycles. The lowest BCUT2D eigenvalue weighted by Gasteiger charge is -2.23. The molecule has 0 aliphatic heterocycles. The number of guanidine groups is 1. The van der Waals surface area contributed by atoms with Gasteiger partial charge in [0, 0.05) is 44.9 Å². The second kappa shape index (κ2) is 9.94. The molecular weight excluding hydrogens is 294 g/mol. The van der Waals surface area contributed by atoms with Crippen molar-refractivity contribution in [2.45, 2.75) is 20.4 Å². The molecule has 2 N–H and O–H groups in total. The minimum absolute atomic E-state index is 0.138. The Morgan fingerprint density at radius 1 is 1.35 bits per heavy atom. The van der Waals surface area contributed by atoms with Crippen molar-refractivity contribution in [1.29, 1.82) is 0 Å². The van der Waals surface area contributed by atoms with Crippen LogP contribution in [0.15, 0.2) is 23.2 Å². The van der Waals surface area contributed by atoms with E-state index in [2.05, 4.69) is 10.3 Å². The summed E-state index contributed by atoms with van der Waals surface area (Å²) in [6.45, 7) is 6.18. The van der Waals surface area contributed by atoms with E-state index in [1.807, 2.05) is 44.0 Å². The van der Waals surface area contributed by atoms with Gasteiger partial charge in [0.25, 0.3) is 0 Å². The van der Waals surface area contributed by atoms with E-state index in [4.69, 9.17) is 14.6 Å². The third-order valence-electron chi connectivity index (χ3n) is 3.46. The molecule has 6 heteroatoms. The van der Waals surface area contributed by atoms with E-state index in [0.29, 0.717) is 13.1 Å². The number of hydrogen-bond acceptors (Lipinski definition) is 4. The minimum atomic E-state index is 0.138. The molecule has 6 nitrogen and oxygen atoms in total. The summed E-state index contributed by atoms with van der Waals surface area (Å²) in [5.41, 5.74) is 1.05. The van der Waals surface area contributed by atoms with Crippen molar-refractivity contribution in [1.82, 2.24) is 10.2 Å². The summed E-state index contributed by atoms with van der Waals surface area (Å²) in [6, 6.07) is 5.79. The second-order valence-electron chi connectivity index (χ2n) is 5.52. The van der Waals surface area contributed by atoms with Crippen LogP contribution in [0.3, 0.4) is 0 Å². The molecule has 0 bridgehead atoms. The summed E-state index contributed by atoms with van der Waals surface area (Å²) in [7, 11) is 5.27. The number of benzene rings is 1. The predicted molar refractivity (Wildman–Crippen MR) is 93.2 cm³/mol. The standard InChI is InChI=1S/C17H29N3O3/c1-6-18-17(19-10-13(2)12-21)20(3)11-14-7-8-15(22-4)9-16(14)23-5/h7-9,13,21H,6,10-12H2,1-5H3,(H,18,19). The first-order valence-corrected chi connectivity index (χ1v) is 7.86. The molecule has 0 spiro atoms. The number of aliphatic imine (C=N–C) groups is 1. The highest BCUT2D eigenvalue weighted by Crippen LogP contribution is 2.25. The topological polar surface area (TPSA) is 66.3 Å². The van der Waals surface area contributed by atoms with Crippen LogP contribution in [-0.2, 0) is 6.54 Å². The number of hydrogen-bond donors (Lipinski definition) is 2. The molecule has 0 aliphatic rings. The lowest BCUT2D eigenvalue weighted by atomic mass is 10.2. The van der Waals surface area contributed by atoms with Crippen LogP contribution in [0.25, 0.3) is 0 Å². The fraction of sp³-hybridized carbons (Fsp3) is 0.588. The van der Waals surface area contributed by atoms with Crippen molar-refractivity contribution in [3.8, 4) is 11.5 Å². The number of aliphatic hydroxyl groups is 1. The van der Waals surface area contributed by atoms with Gasteiger partial charge in [0.1, 0.15) is 11.5 Å². The highest BCUT2D eigenvalue weighted by Gasteiger charge is 2.11. The van der Waals surface area contributed by atoms with Crippen molar-refractivity contribution >= 4 is 5.96 Å². The molecule has 0 heterocycles. The number of rotatable bonds is 8. The Morgan fingerprint density at radius 2 is 2.09 bits per heavy atom. The van der Waals surface area contributed by atoms with E-state index in [1.54, 1.807) is 14.2 Å². The Kier molecular flexibility index (Phi) is 8.26. The van der Waals surface area contributed by atoms with Gasteiger partial charge in [0.2, 0.25) is 0 Å². The van der Waals surface area contributed by atoms with Crippen LogP contribution in [0.1, 0.15) is 19.4 Å². The maximum Gasteiger partial charge on any atom is 0.193 e. The molecule has 0 fully saturated rings. The fourth-order valence-electron chi connectivity index (χ4n) is 2.08. The van der Waals surface area contributed by atoms with Crippen molar-refractivity contribution in [2.24, 2.45) is 10.9 Å². The Bertz CT molecular complexity index is 506. The molecule has 0 aliphatic carbocycles. The molecule has 1 unspecified atom stereocenters. The van der Waals surface area contributed by atoms with Crippen LogP contribution in [0, 0.1) is 5.92 Å². The number of nitrogens with one attached hydrogen (secondary N) is 1. The summed E-state index contributed by atoms with van der Waals surface area (Å²) >= 11 is 0. The van der Waals surface area contributed by atoms with Gasteiger partial charge in [0.05, 0.1) is 14.2 Å². The zero-order valence-corrected chi connectivity index (χ0v) is 14.8. The molecule has 0 radical (unpaired) electrons. The largest absolute Gasteiger partial charge is 0.497 e.